The second-order valence-corrected chi connectivity index (χ2v) is 11.6. The Morgan fingerprint density at radius 3 is 1.88 bits per heavy atom. The molecular weight excluding hydrogens is 606 g/mol. The minimum Gasteiger partial charge on any atom is -0.456 e. The van der Waals surface area contributed by atoms with Crippen LogP contribution in [-0.2, 0) is 0 Å². The van der Waals surface area contributed by atoms with Crippen LogP contribution in [0.2, 0.25) is 0 Å². The number of hydrogen-bond donors (Lipinski definition) is 0. The first-order valence-corrected chi connectivity index (χ1v) is 15.9. The number of benzene rings is 6. The Hall–Kier alpha value is -6.86. The molecule has 0 amide bonds. The molecule has 0 aliphatic heterocycles. The standard InChI is InChI=1S/C42H25N5O2/c48-39-32-18-8-11-21-37(32)49-38-23-22-27(24-33(38)39)28-14-4-5-15-29(28)30-16-6-7-17-31(30)41-45-40(26-12-2-1-3-13-26)46-42(47-41)36-25-43-34-19-9-10-20-35(34)44-36/h1-25H. The first kappa shape index (κ1) is 28.4. The van der Waals surface area contributed by atoms with Gasteiger partial charge in [-0.2, -0.15) is 0 Å². The van der Waals surface area contributed by atoms with Crippen molar-refractivity contribution in [2.75, 3.05) is 0 Å². The van der Waals surface area contributed by atoms with E-state index in [1.165, 1.54) is 0 Å². The van der Waals surface area contributed by atoms with Crippen molar-refractivity contribution >= 4 is 33.0 Å². The van der Waals surface area contributed by atoms with Crippen LogP contribution in [0.15, 0.2) is 161 Å². The number of hydrogen-bond acceptors (Lipinski definition) is 7. The van der Waals surface area contributed by atoms with Gasteiger partial charge in [0, 0.05) is 11.1 Å². The molecule has 230 valence electrons. The molecule has 49 heavy (non-hydrogen) atoms. The zero-order valence-corrected chi connectivity index (χ0v) is 26.0. The highest BCUT2D eigenvalue weighted by Gasteiger charge is 2.19. The molecule has 0 N–H and O–H groups in total. The highest BCUT2D eigenvalue weighted by molar-refractivity contribution is 5.96. The lowest BCUT2D eigenvalue weighted by Crippen LogP contribution is -2.03. The average Bonchev–Trinajstić information content (AvgIpc) is 3.18. The minimum atomic E-state index is -0.0560. The van der Waals surface area contributed by atoms with Crippen molar-refractivity contribution in [3.8, 4) is 56.5 Å². The number of fused-ring (bicyclic) bond motifs is 3. The van der Waals surface area contributed by atoms with Crippen LogP contribution in [0.5, 0.6) is 0 Å². The van der Waals surface area contributed by atoms with E-state index >= 15 is 0 Å². The Kier molecular flexibility index (Phi) is 6.80. The molecule has 0 unspecified atom stereocenters. The van der Waals surface area contributed by atoms with Gasteiger partial charge in [-0.05, 0) is 58.7 Å². The van der Waals surface area contributed by atoms with Crippen molar-refractivity contribution in [3.63, 3.8) is 0 Å². The molecule has 9 rings (SSSR count). The van der Waals surface area contributed by atoms with Crippen LogP contribution in [-0.4, -0.2) is 24.9 Å². The fourth-order valence-corrected chi connectivity index (χ4v) is 6.25. The number of para-hydroxylation sites is 3. The Balaban J connectivity index is 1.23. The van der Waals surface area contributed by atoms with Gasteiger partial charge in [0.15, 0.2) is 17.5 Å². The van der Waals surface area contributed by atoms with Gasteiger partial charge in [0.1, 0.15) is 16.9 Å². The van der Waals surface area contributed by atoms with Crippen LogP contribution in [0.1, 0.15) is 0 Å². The molecule has 0 atom stereocenters. The quantitative estimate of drug-likeness (QED) is 0.175. The van der Waals surface area contributed by atoms with Gasteiger partial charge < -0.3 is 4.42 Å². The maximum Gasteiger partial charge on any atom is 0.200 e. The number of nitrogens with zero attached hydrogens (tertiary/aromatic N) is 5. The maximum atomic E-state index is 13.5. The van der Waals surface area contributed by atoms with Crippen molar-refractivity contribution in [1.29, 1.82) is 0 Å². The van der Waals surface area contributed by atoms with E-state index in [1.54, 1.807) is 12.3 Å². The van der Waals surface area contributed by atoms with Crippen LogP contribution in [0.4, 0.5) is 0 Å². The van der Waals surface area contributed by atoms with E-state index in [-0.39, 0.29) is 5.43 Å². The highest BCUT2D eigenvalue weighted by Crippen LogP contribution is 2.38. The summed E-state index contributed by atoms with van der Waals surface area (Å²) in [5, 5.41) is 1.09. The second-order valence-electron chi connectivity index (χ2n) is 11.6. The fourth-order valence-electron chi connectivity index (χ4n) is 6.25. The third kappa shape index (κ3) is 5.10. The second kappa shape index (κ2) is 11.7. The third-order valence-corrected chi connectivity index (χ3v) is 8.62. The van der Waals surface area contributed by atoms with Gasteiger partial charge in [-0.3, -0.25) is 9.78 Å². The van der Waals surface area contributed by atoms with Crippen LogP contribution in [0.3, 0.4) is 0 Å². The van der Waals surface area contributed by atoms with Gasteiger partial charge in [-0.15, -0.1) is 0 Å². The molecule has 7 heteroatoms. The summed E-state index contributed by atoms with van der Waals surface area (Å²) in [4.78, 5) is 37.9. The molecule has 0 saturated heterocycles. The van der Waals surface area contributed by atoms with Crippen LogP contribution >= 0.6 is 0 Å². The van der Waals surface area contributed by atoms with E-state index in [1.807, 2.05) is 121 Å². The van der Waals surface area contributed by atoms with Crippen molar-refractivity contribution in [2.45, 2.75) is 0 Å². The first-order chi connectivity index (χ1) is 24.2. The molecule has 7 nitrogen and oxygen atoms in total. The zero-order chi connectivity index (χ0) is 32.7. The van der Waals surface area contributed by atoms with Crippen LogP contribution in [0, 0.1) is 0 Å². The van der Waals surface area contributed by atoms with Crippen LogP contribution in [0.25, 0.3) is 89.5 Å². The van der Waals surface area contributed by atoms with E-state index in [4.69, 9.17) is 24.4 Å². The molecule has 0 bridgehead atoms. The summed E-state index contributed by atoms with van der Waals surface area (Å²) in [5.74, 6) is 1.47. The highest BCUT2D eigenvalue weighted by atomic mass is 16.3. The van der Waals surface area contributed by atoms with Crippen molar-refractivity contribution in [2.24, 2.45) is 0 Å². The molecule has 3 aromatic heterocycles. The normalized spacial score (nSPS) is 11.3. The smallest absolute Gasteiger partial charge is 0.200 e. The summed E-state index contributed by atoms with van der Waals surface area (Å²) in [5.41, 5.74) is 8.63. The van der Waals surface area contributed by atoms with Crippen LogP contribution < -0.4 is 5.43 Å². The largest absolute Gasteiger partial charge is 0.456 e. The summed E-state index contributed by atoms with van der Waals surface area (Å²) in [6.45, 7) is 0. The predicted octanol–water partition coefficient (Wildman–Crippen LogP) is 9.41. The van der Waals surface area contributed by atoms with E-state index in [9.17, 15) is 4.79 Å². The monoisotopic (exact) mass is 631 g/mol. The zero-order valence-electron chi connectivity index (χ0n) is 26.0. The summed E-state index contributed by atoms with van der Waals surface area (Å²) in [6, 6.07) is 46.9. The van der Waals surface area contributed by atoms with E-state index < -0.39 is 0 Å². The lowest BCUT2D eigenvalue weighted by Gasteiger charge is -2.15. The summed E-state index contributed by atoms with van der Waals surface area (Å²) in [6.07, 6.45) is 1.71. The van der Waals surface area contributed by atoms with Gasteiger partial charge in [0.05, 0.1) is 28.0 Å². The molecule has 0 aliphatic carbocycles. The fraction of sp³-hybridized carbons (Fsp3) is 0. The summed E-state index contributed by atoms with van der Waals surface area (Å²) in [7, 11) is 0. The number of rotatable bonds is 5. The Bertz CT molecular complexity index is 2760. The van der Waals surface area contributed by atoms with Crippen molar-refractivity contribution < 1.29 is 4.42 Å². The number of aromatic nitrogens is 5. The van der Waals surface area contributed by atoms with E-state index in [2.05, 4.69) is 23.2 Å². The summed E-state index contributed by atoms with van der Waals surface area (Å²) < 4.78 is 6.10. The topological polar surface area (TPSA) is 94.7 Å². The molecule has 0 aliphatic rings. The van der Waals surface area contributed by atoms with Gasteiger partial charge >= 0.3 is 0 Å². The molecule has 0 spiro atoms. The third-order valence-electron chi connectivity index (χ3n) is 8.62. The molecule has 0 fully saturated rings. The Morgan fingerprint density at radius 1 is 0.429 bits per heavy atom. The van der Waals surface area contributed by atoms with Gasteiger partial charge in [-0.1, -0.05) is 109 Å². The van der Waals surface area contributed by atoms with Crippen molar-refractivity contribution in [3.05, 3.63) is 162 Å². The first-order valence-electron chi connectivity index (χ1n) is 15.9. The van der Waals surface area contributed by atoms with Gasteiger partial charge in [-0.25, -0.2) is 19.9 Å². The Labute approximate surface area is 280 Å². The SMILES string of the molecule is O=c1c2ccccc2oc2ccc(-c3ccccc3-c3ccccc3-c3nc(-c4ccccc4)nc(-c4cnc5ccccc5n4)n3)cc12. The predicted molar refractivity (Wildman–Crippen MR) is 194 cm³/mol. The molecule has 6 aromatic carbocycles. The van der Waals surface area contributed by atoms with Gasteiger partial charge in [0.2, 0.25) is 5.43 Å². The molecule has 0 saturated carbocycles. The molecule has 0 radical (unpaired) electrons. The molecule has 9 aromatic rings. The average molecular weight is 632 g/mol. The maximum absolute atomic E-state index is 13.5. The van der Waals surface area contributed by atoms with E-state index in [0.29, 0.717) is 45.1 Å². The van der Waals surface area contributed by atoms with Gasteiger partial charge in [0.25, 0.3) is 0 Å². The summed E-state index contributed by atoms with van der Waals surface area (Å²) >= 11 is 0. The lowest BCUT2D eigenvalue weighted by molar-refractivity contribution is 0.660. The Morgan fingerprint density at radius 2 is 1.04 bits per heavy atom. The molecular formula is C42H25N5O2. The van der Waals surface area contributed by atoms with E-state index in [0.717, 1.165) is 44.4 Å². The lowest BCUT2D eigenvalue weighted by atomic mass is 9.91. The molecule has 3 heterocycles. The minimum absolute atomic E-state index is 0.0560. The van der Waals surface area contributed by atoms with Crippen molar-refractivity contribution in [1.82, 2.24) is 24.9 Å².